The first kappa shape index (κ1) is 28.9. The fraction of sp³-hybridized carbons (Fsp3) is 0.800. The molecule has 0 spiro atoms. The highest BCUT2D eigenvalue weighted by molar-refractivity contribution is 5.78. The molecule has 0 saturated carbocycles. The molecule has 180 valence electrons. The van der Waals surface area contributed by atoms with Gasteiger partial charge in [-0.1, -0.05) is 6.92 Å². The molecule has 0 heterocycles. The number of hydrogen-bond donors (Lipinski definition) is 3. The lowest BCUT2D eigenvalue weighted by atomic mass is 9.92. The van der Waals surface area contributed by atoms with Gasteiger partial charge in [-0.15, -0.1) is 0 Å². The summed E-state index contributed by atoms with van der Waals surface area (Å²) in [5, 5.41) is 2.51. The molecular weight excluding hydrogens is 410 g/mol. The highest BCUT2D eigenvalue weighted by atomic mass is 16.5. The van der Waals surface area contributed by atoms with Crippen LogP contribution in [0.1, 0.15) is 39.0 Å². The first-order chi connectivity index (χ1) is 14.7. The lowest BCUT2D eigenvalue weighted by Crippen LogP contribution is -2.42. The highest BCUT2D eigenvalue weighted by Gasteiger charge is 2.33. The summed E-state index contributed by atoms with van der Waals surface area (Å²) in [6, 6.07) is 0. The van der Waals surface area contributed by atoms with E-state index in [1.807, 2.05) is 0 Å². The molecule has 0 unspecified atom stereocenters. The Morgan fingerprint density at radius 1 is 0.710 bits per heavy atom. The van der Waals surface area contributed by atoms with Crippen molar-refractivity contribution >= 4 is 23.5 Å². The van der Waals surface area contributed by atoms with E-state index in [1.54, 1.807) is 6.92 Å². The topological polar surface area (TPSA) is 169 Å². The van der Waals surface area contributed by atoms with E-state index in [4.69, 9.17) is 30.4 Å². The maximum Gasteiger partial charge on any atom is 0.222 e. The number of nitrogens with one attached hydrogen (secondary N) is 1. The second-order valence-electron chi connectivity index (χ2n) is 7.21. The van der Waals surface area contributed by atoms with Crippen LogP contribution in [-0.2, 0) is 38.1 Å². The van der Waals surface area contributed by atoms with Crippen LogP contribution >= 0.6 is 0 Å². The molecule has 0 rings (SSSR count). The van der Waals surface area contributed by atoms with E-state index in [1.165, 1.54) is 7.05 Å². The standard InChI is InChI=1S/C20H37N3O8/c1-3-16(24)4-8-28-12-20(13-29-9-5-17(21)25,14-30-10-6-18(22)26)15-31-11-7-19(27)23-2/h3-15H2,1-2H3,(H2,21,25)(H2,22,26)(H,23,27). The van der Waals surface area contributed by atoms with Gasteiger partial charge in [0.15, 0.2) is 0 Å². The van der Waals surface area contributed by atoms with E-state index in [2.05, 4.69) is 5.32 Å². The fourth-order valence-corrected chi connectivity index (χ4v) is 2.40. The summed E-state index contributed by atoms with van der Waals surface area (Å²) < 4.78 is 22.6. The van der Waals surface area contributed by atoms with Gasteiger partial charge in [0, 0.05) is 39.2 Å². The molecule has 31 heavy (non-hydrogen) atoms. The van der Waals surface area contributed by atoms with Gasteiger partial charge in [0.25, 0.3) is 0 Å². The minimum atomic E-state index is -0.784. The van der Waals surface area contributed by atoms with Crippen molar-refractivity contribution in [2.75, 3.05) is 59.9 Å². The van der Waals surface area contributed by atoms with Gasteiger partial charge < -0.3 is 35.7 Å². The molecule has 0 aromatic carbocycles. The third-order valence-electron chi connectivity index (χ3n) is 4.29. The summed E-state index contributed by atoms with van der Waals surface area (Å²) in [5.41, 5.74) is 9.50. The lowest BCUT2D eigenvalue weighted by molar-refractivity contribution is -0.127. The summed E-state index contributed by atoms with van der Waals surface area (Å²) in [6.07, 6.45) is 1.02. The molecule has 0 aliphatic heterocycles. The van der Waals surface area contributed by atoms with Crippen LogP contribution in [0.4, 0.5) is 0 Å². The molecule has 0 bridgehead atoms. The van der Waals surface area contributed by atoms with Gasteiger partial charge in [-0.3, -0.25) is 19.2 Å². The van der Waals surface area contributed by atoms with E-state index >= 15 is 0 Å². The molecule has 0 atom stereocenters. The predicted octanol–water partition coefficient (Wildman–Crippen LogP) is -0.705. The molecule has 3 amide bonds. The van der Waals surface area contributed by atoms with E-state index < -0.39 is 17.2 Å². The van der Waals surface area contributed by atoms with Crippen molar-refractivity contribution in [3.63, 3.8) is 0 Å². The number of carbonyl (C=O) groups excluding carboxylic acids is 4. The molecule has 0 aliphatic carbocycles. The van der Waals surface area contributed by atoms with Crippen molar-refractivity contribution in [3.8, 4) is 0 Å². The van der Waals surface area contributed by atoms with Gasteiger partial charge >= 0.3 is 0 Å². The minimum absolute atomic E-state index is 0.0575. The molecule has 0 fully saturated rings. The first-order valence-corrected chi connectivity index (χ1v) is 10.3. The van der Waals surface area contributed by atoms with Crippen molar-refractivity contribution in [2.45, 2.75) is 39.0 Å². The Kier molecular flexibility index (Phi) is 16.4. The monoisotopic (exact) mass is 447 g/mol. The Balaban J connectivity index is 5.01. The summed E-state index contributed by atoms with van der Waals surface area (Å²) in [6.45, 7) is 2.96. The molecule has 5 N–H and O–H groups in total. The van der Waals surface area contributed by atoms with Crippen LogP contribution in [0, 0.1) is 5.41 Å². The third-order valence-corrected chi connectivity index (χ3v) is 4.29. The minimum Gasteiger partial charge on any atom is -0.380 e. The van der Waals surface area contributed by atoms with Gasteiger partial charge in [-0.05, 0) is 0 Å². The first-order valence-electron chi connectivity index (χ1n) is 10.3. The Hall–Kier alpha value is -2.08. The maximum absolute atomic E-state index is 11.5. The van der Waals surface area contributed by atoms with Gasteiger partial charge in [-0.2, -0.15) is 0 Å². The van der Waals surface area contributed by atoms with Crippen LogP contribution in [0.3, 0.4) is 0 Å². The van der Waals surface area contributed by atoms with Crippen LogP contribution < -0.4 is 16.8 Å². The largest absolute Gasteiger partial charge is 0.380 e. The number of amides is 3. The quantitative estimate of drug-likeness (QED) is 0.194. The van der Waals surface area contributed by atoms with Crippen LogP contribution in [0.5, 0.6) is 0 Å². The molecule has 0 aliphatic rings. The maximum atomic E-state index is 11.5. The normalized spacial score (nSPS) is 11.3. The SMILES string of the molecule is CCC(=O)CCOCC(COCCC(N)=O)(COCCC(N)=O)COCCC(=O)NC. The van der Waals surface area contributed by atoms with Crippen LogP contribution in [0.15, 0.2) is 0 Å². The smallest absolute Gasteiger partial charge is 0.222 e. The van der Waals surface area contributed by atoms with E-state index in [0.29, 0.717) is 6.42 Å². The second-order valence-corrected chi connectivity index (χ2v) is 7.21. The zero-order valence-corrected chi connectivity index (χ0v) is 18.6. The molecule has 0 saturated heterocycles. The van der Waals surface area contributed by atoms with E-state index in [-0.39, 0.29) is 90.2 Å². The van der Waals surface area contributed by atoms with Gasteiger partial charge in [0.05, 0.1) is 58.3 Å². The fourth-order valence-electron chi connectivity index (χ4n) is 2.40. The number of rotatable bonds is 21. The van der Waals surface area contributed by atoms with Crippen LogP contribution in [0.2, 0.25) is 0 Å². The molecule has 11 heteroatoms. The van der Waals surface area contributed by atoms with Crippen molar-refractivity contribution < 1.29 is 38.1 Å². The van der Waals surface area contributed by atoms with Gasteiger partial charge in [-0.25, -0.2) is 0 Å². The highest BCUT2D eigenvalue weighted by Crippen LogP contribution is 2.21. The Labute approximate surface area is 183 Å². The van der Waals surface area contributed by atoms with Crippen molar-refractivity contribution in [3.05, 3.63) is 0 Å². The molecular formula is C20H37N3O8. The number of primary amides is 2. The zero-order chi connectivity index (χ0) is 23.5. The van der Waals surface area contributed by atoms with Gasteiger partial charge in [0.1, 0.15) is 5.78 Å². The number of ether oxygens (including phenoxy) is 4. The molecule has 0 radical (unpaired) electrons. The molecule has 0 aromatic heterocycles. The van der Waals surface area contributed by atoms with Crippen molar-refractivity contribution in [1.82, 2.24) is 5.32 Å². The summed E-state index contributed by atoms with van der Waals surface area (Å²) >= 11 is 0. The average molecular weight is 448 g/mol. The van der Waals surface area contributed by atoms with Crippen molar-refractivity contribution in [1.29, 1.82) is 0 Å². The summed E-state index contributed by atoms with van der Waals surface area (Å²) in [4.78, 5) is 44.8. The Morgan fingerprint density at radius 3 is 1.45 bits per heavy atom. The van der Waals surface area contributed by atoms with Crippen LogP contribution in [-0.4, -0.2) is 83.4 Å². The van der Waals surface area contributed by atoms with E-state index in [0.717, 1.165) is 0 Å². The number of carbonyl (C=O) groups is 4. The van der Waals surface area contributed by atoms with Crippen LogP contribution in [0.25, 0.3) is 0 Å². The Morgan fingerprint density at radius 2 is 1.10 bits per heavy atom. The number of Topliss-reactive ketones (excluding diaryl/α,β-unsaturated/α-hetero) is 1. The third kappa shape index (κ3) is 16.3. The van der Waals surface area contributed by atoms with Crippen molar-refractivity contribution in [2.24, 2.45) is 16.9 Å². The Bertz CT molecular complexity index is 509. The number of nitrogens with two attached hydrogens (primary N) is 2. The summed E-state index contributed by atoms with van der Waals surface area (Å²) in [7, 11) is 1.54. The van der Waals surface area contributed by atoms with E-state index in [9.17, 15) is 19.2 Å². The number of hydrogen-bond acceptors (Lipinski definition) is 8. The lowest BCUT2D eigenvalue weighted by Gasteiger charge is -2.33. The number of ketones is 1. The second kappa shape index (κ2) is 17.6. The average Bonchev–Trinajstić information content (AvgIpc) is 2.73. The van der Waals surface area contributed by atoms with Gasteiger partial charge in [0.2, 0.25) is 17.7 Å². The molecule has 11 nitrogen and oxygen atoms in total. The molecule has 0 aromatic rings. The predicted molar refractivity (Wildman–Crippen MR) is 112 cm³/mol. The zero-order valence-electron chi connectivity index (χ0n) is 18.6. The summed E-state index contributed by atoms with van der Waals surface area (Å²) in [5.74, 6) is -1.04.